The molecule has 5 nitrogen and oxygen atoms in total. The third kappa shape index (κ3) is 3.78. The lowest BCUT2D eigenvalue weighted by atomic mass is 9.90. The lowest BCUT2D eigenvalue weighted by Gasteiger charge is -2.27. The van der Waals surface area contributed by atoms with E-state index in [2.05, 4.69) is 5.32 Å². The van der Waals surface area contributed by atoms with Crippen molar-refractivity contribution in [3.63, 3.8) is 0 Å². The Labute approximate surface area is 142 Å². The van der Waals surface area contributed by atoms with Gasteiger partial charge in [0.15, 0.2) is 11.4 Å². The number of fused-ring (bicyclic) bond motifs is 1. The predicted octanol–water partition coefficient (Wildman–Crippen LogP) is 2.66. The Hall–Kier alpha value is -1.88. The van der Waals surface area contributed by atoms with Crippen molar-refractivity contribution >= 4 is 11.7 Å². The summed E-state index contributed by atoms with van der Waals surface area (Å²) in [6.07, 6.45) is 4.52. The van der Waals surface area contributed by atoms with Crippen LogP contribution in [0.4, 0.5) is 0 Å². The van der Waals surface area contributed by atoms with Gasteiger partial charge in [-0.15, -0.1) is 0 Å². The number of carbonyl (C=O) groups excluding carboxylic acids is 2. The topological polar surface area (TPSA) is 64.6 Å². The molecule has 1 atom stereocenters. The van der Waals surface area contributed by atoms with Crippen molar-refractivity contribution in [2.24, 2.45) is 0 Å². The van der Waals surface area contributed by atoms with E-state index in [9.17, 15) is 9.59 Å². The van der Waals surface area contributed by atoms with Gasteiger partial charge >= 0.3 is 0 Å². The van der Waals surface area contributed by atoms with Gasteiger partial charge in [0.25, 0.3) is 5.91 Å². The van der Waals surface area contributed by atoms with E-state index >= 15 is 0 Å². The van der Waals surface area contributed by atoms with Gasteiger partial charge in [-0.1, -0.05) is 0 Å². The fourth-order valence-corrected chi connectivity index (χ4v) is 3.25. The van der Waals surface area contributed by atoms with Gasteiger partial charge in [0, 0.05) is 25.1 Å². The average molecular weight is 331 g/mol. The van der Waals surface area contributed by atoms with Crippen LogP contribution in [0.15, 0.2) is 18.2 Å². The maximum Gasteiger partial charge on any atom is 0.263 e. The van der Waals surface area contributed by atoms with Gasteiger partial charge in [-0.3, -0.25) is 9.59 Å². The molecule has 1 amide bonds. The van der Waals surface area contributed by atoms with E-state index in [1.54, 1.807) is 19.9 Å². The van der Waals surface area contributed by atoms with Crippen molar-refractivity contribution in [2.45, 2.75) is 57.7 Å². The number of benzene rings is 1. The number of carbonyl (C=O) groups is 2. The van der Waals surface area contributed by atoms with Crippen molar-refractivity contribution in [1.29, 1.82) is 0 Å². The normalized spacial score (nSPS) is 20.6. The molecule has 1 aliphatic heterocycles. The number of aryl methyl sites for hydroxylation is 1. The van der Waals surface area contributed by atoms with Crippen LogP contribution in [0.1, 0.15) is 55.5 Å². The highest BCUT2D eigenvalue weighted by Gasteiger charge is 2.31. The number of ketones is 1. The van der Waals surface area contributed by atoms with Crippen LogP contribution in [0.5, 0.6) is 5.75 Å². The molecule has 1 aromatic rings. The molecule has 0 bridgehead atoms. The Morgan fingerprint density at radius 2 is 2.17 bits per heavy atom. The minimum atomic E-state index is -0.981. The van der Waals surface area contributed by atoms with Crippen LogP contribution in [-0.4, -0.2) is 36.5 Å². The second kappa shape index (κ2) is 6.93. The van der Waals surface area contributed by atoms with Crippen LogP contribution in [0, 0.1) is 0 Å². The third-order valence-electron chi connectivity index (χ3n) is 4.66. The molecule has 1 aliphatic carbocycles. The third-order valence-corrected chi connectivity index (χ3v) is 4.66. The van der Waals surface area contributed by atoms with Gasteiger partial charge in [-0.05, 0) is 63.3 Å². The van der Waals surface area contributed by atoms with Crippen molar-refractivity contribution in [1.82, 2.24) is 5.32 Å². The Morgan fingerprint density at radius 3 is 2.92 bits per heavy atom. The lowest BCUT2D eigenvalue weighted by Crippen LogP contribution is -2.48. The van der Waals surface area contributed by atoms with Crippen LogP contribution >= 0.6 is 0 Å². The monoisotopic (exact) mass is 331 g/mol. The first-order chi connectivity index (χ1) is 11.5. The van der Waals surface area contributed by atoms with Gasteiger partial charge in [-0.25, -0.2) is 0 Å². The number of amides is 1. The van der Waals surface area contributed by atoms with E-state index in [-0.39, 0.29) is 17.8 Å². The van der Waals surface area contributed by atoms with E-state index in [1.165, 1.54) is 0 Å². The van der Waals surface area contributed by atoms with E-state index in [0.717, 1.165) is 43.4 Å². The van der Waals surface area contributed by atoms with Gasteiger partial charge < -0.3 is 14.8 Å². The number of rotatable bonds is 5. The first kappa shape index (κ1) is 17.0. The highest BCUT2D eigenvalue weighted by atomic mass is 16.5. The Morgan fingerprint density at radius 1 is 1.33 bits per heavy atom. The molecular weight excluding hydrogens is 306 g/mol. The highest BCUT2D eigenvalue weighted by Crippen LogP contribution is 2.27. The van der Waals surface area contributed by atoms with Crippen molar-refractivity contribution in [2.75, 3.05) is 13.2 Å². The van der Waals surface area contributed by atoms with Crippen molar-refractivity contribution < 1.29 is 19.1 Å². The van der Waals surface area contributed by atoms with Crippen LogP contribution in [-0.2, 0) is 16.0 Å². The molecule has 3 rings (SSSR count). The minimum absolute atomic E-state index is 0.111. The summed E-state index contributed by atoms with van der Waals surface area (Å²) in [6.45, 7) is 4.80. The number of ether oxygens (including phenoxy) is 2. The molecule has 2 aliphatic rings. The summed E-state index contributed by atoms with van der Waals surface area (Å²) in [5.41, 5.74) is 0.819. The first-order valence-corrected chi connectivity index (χ1v) is 8.71. The molecule has 0 aromatic heterocycles. The van der Waals surface area contributed by atoms with Crippen molar-refractivity contribution in [3.8, 4) is 5.75 Å². The van der Waals surface area contributed by atoms with Gasteiger partial charge in [0.1, 0.15) is 5.75 Å². The molecule has 130 valence electrons. The smallest absolute Gasteiger partial charge is 0.263 e. The zero-order valence-corrected chi connectivity index (χ0v) is 14.4. The second-order valence-electron chi connectivity index (χ2n) is 7.05. The van der Waals surface area contributed by atoms with E-state index in [0.29, 0.717) is 18.7 Å². The predicted molar refractivity (Wildman–Crippen MR) is 90.4 cm³/mol. The standard InChI is InChI=1S/C19H25NO4/c1-19(2,18(22)20-12-15-6-4-10-23-15)24-14-8-9-16-13(11-14)5-3-7-17(16)21/h8-9,11,15H,3-7,10,12H2,1-2H3,(H,20,22)/t15-/m0/s1. The van der Waals surface area contributed by atoms with E-state index in [4.69, 9.17) is 9.47 Å². The van der Waals surface area contributed by atoms with Crippen molar-refractivity contribution in [3.05, 3.63) is 29.3 Å². The van der Waals surface area contributed by atoms with Crippen LogP contribution in [0.2, 0.25) is 0 Å². The molecule has 0 saturated carbocycles. The fourth-order valence-electron chi connectivity index (χ4n) is 3.25. The molecule has 1 fully saturated rings. The summed E-state index contributed by atoms with van der Waals surface area (Å²) in [5.74, 6) is 0.656. The zero-order valence-electron chi connectivity index (χ0n) is 14.4. The quantitative estimate of drug-likeness (QED) is 0.901. The Kier molecular flexibility index (Phi) is 4.90. The molecule has 1 N–H and O–H groups in total. The summed E-state index contributed by atoms with van der Waals surface area (Å²) in [5, 5.41) is 2.91. The van der Waals surface area contributed by atoms with E-state index in [1.807, 2.05) is 12.1 Å². The first-order valence-electron chi connectivity index (χ1n) is 8.71. The number of nitrogens with one attached hydrogen (secondary N) is 1. The molecule has 5 heteroatoms. The summed E-state index contributed by atoms with van der Waals surface area (Å²) < 4.78 is 11.4. The number of hydrogen-bond donors (Lipinski definition) is 1. The van der Waals surface area contributed by atoms with Gasteiger partial charge in [-0.2, -0.15) is 0 Å². The number of Topliss-reactive ketones (excluding diaryl/α,β-unsaturated/α-hetero) is 1. The van der Waals surface area contributed by atoms with Crippen LogP contribution in [0.25, 0.3) is 0 Å². The maximum atomic E-state index is 12.4. The molecule has 1 saturated heterocycles. The average Bonchev–Trinajstić information content (AvgIpc) is 3.05. The second-order valence-corrected chi connectivity index (χ2v) is 7.05. The maximum absolute atomic E-state index is 12.4. The minimum Gasteiger partial charge on any atom is -0.478 e. The lowest BCUT2D eigenvalue weighted by molar-refractivity contribution is -0.134. The SMILES string of the molecule is CC(C)(Oc1ccc2c(c1)CCCC2=O)C(=O)NC[C@@H]1CCCO1. The molecule has 0 unspecified atom stereocenters. The summed E-state index contributed by atoms with van der Waals surface area (Å²) >= 11 is 0. The summed E-state index contributed by atoms with van der Waals surface area (Å²) in [7, 11) is 0. The van der Waals surface area contributed by atoms with E-state index < -0.39 is 5.60 Å². The number of hydrogen-bond acceptors (Lipinski definition) is 4. The largest absolute Gasteiger partial charge is 0.478 e. The molecule has 0 radical (unpaired) electrons. The molecular formula is C19H25NO4. The molecule has 24 heavy (non-hydrogen) atoms. The molecule has 0 spiro atoms. The fraction of sp³-hybridized carbons (Fsp3) is 0.579. The van der Waals surface area contributed by atoms with Crippen LogP contribution < -0.4 is 10.1 Å². The molecule has 1 aromatic carbocycles. The van der Waals surface area contributed by atoms with Gasteiger partial charge in [0.05, 0.1) is 6.10 Å². The Balaban J connectivity index is 1.62. The zero-order chi connectivity index (χ0) is 17.2. The van der Waals surface area contributed by atoms with Gasteiger partial charge in [0.2, 0.25) is 0 Å². The van der Waals surface area contributed by atoms with Crippen LogP contribution in [0.3, 0.4) is 0 Å². The summed E-state index contributed by atoms with van der Waals surface area (Å²) in [6, 6.07) is 5.48. The Bertz CT molecular complexity index is 632. The molecule has 1 heterocycles. The summed E-state index contributed by atoms with van der Waals surface area (Å²) in [4.78, 5) is 24.3. The highest BCUT2D eigenvalue weighted by molar-refractivity contribution is 5.98.